The Bertz CT molecular complexity index is 956. The summed E-state index contributed by atoms with van der Waals surface area (Å²) in [5.74, 6) is 0.815. The number of carbonyl (C=O) groups excluding carboxylic acids is 2. The van der Waals surface area contributed by atoms with Gasteiger partial charge in [0.2, 0.25) is 17.7 Å². The van der Waals surface area contributed by atoms with E-state index >= 15 is 0 Å². The summed E-state index contributed by atoms with van der Waals surface area (Å²) in [6.45, 7) is 4.71. The van der Waals surface area contributed by atoms with Crippen molar-refractivity contribution in [3.05, 3.63) is 54.7 Å². The van der Waals surface area contributed by atoms with Crippen LogP contribution in [0, 0.1) is 0 Å². The van der Waals surface area contributed by atoms with Gasteiger partial charge in [-0.1, -0.05) is 6.58 Å². The van der Waals surface area contributed by atoms with Crippen molar-refractivity contribution in [2.24, 2.45) is 0 Å². The number of benzene rings is 1. The quantitative estimate of drug-likeness (QED) is 0.645. The number of nitrogens with zero attached hydrogens (tertiary/aromatic N) is 3. The van der Waals surface area contributed by atoms with Gasteiger partial charge in [0.25, 0.3) is 5.91 Å². The second kappa shape index (κ2) is 10.3. The van der Waals surface area contributed by atoms with Crippen LogP contribution < -0.4 is 15.4 Å². The van der Waals surface area contributed by atoms with E-state index in [1.54, 1.807) is 36.5 Å². The third kappa shape index (κ3) is 5.63. The number of piperidine rings is 1. The minimum Gasteiger partial charge on any atom is -0.474 e. The normalized spacial score (nSPS) is 18.8. The molecule has 1 aromatic heterocycles. The highest BCUT2D eigenvalue weighted by Gasteiger charge is 2.25. The van der Waals surface area contributed by atoms with Crippen molar-refractivity contribution in [1.29, 1.82) is 0 Å². The van der Waals surface area contributed by atoms with Crippen LogP contribution in [0.1, 0.15) is 48.9 Å². The summed E-state index contributed by atoms with van der Waals surface area (Å²) in [7, 11) is 0. The van der Waals surface area contributed by atoms with Gasteiger partial charge in [-0.25, -0.2) is 4.98 Å². The highest BCUT2D eigenvalue weighted by Crippen LogP contribution is 2.24. The summed E-state index contributed by atoms with van der Waals surface area (Å²) in [5, 5.41) is 6.05. The Kier molecular flexibility index (Phi) is 6.99. The number of anilines is 2. The Morgan fingerprint density at radius 2 is 1.88 bits per heavy atom. The van der Waals surface area contributed by atoms with Crippen molar-refractivity contribution in [1.82, 2.24) is 14.9 Å². The average Bonchev–Trinajstić information content (AvgIpc) is 3.32. The molecule has 1 aromatic carbocycles. The minimum absolute atomic E-state index is 0.0302. The van der Waals surface area contributed by atoms with Crippen molar-refractivity contribution >= 4 is 23.5 Å². The lowest BCUT2D eigenvalue weighted by molar-refractivity contribution is -0.111. The lowest BCUT2D eigenvalue weighted by Crippen LogP contribution is -2.45. The molecule has 2 amide bonds. The molecule has 1 saturated heterocycles. The summed E-state index contributed by atoms with van der Waals surface area (Å²) >= 11 is 0. The molecule has 0 bridgehead atoms. The molecule has 0 unspecified atom stereocenters. The summed E-state index contributed by atoms with van der Waals surface area (Å²) in [5.41, 5.74) is 1.21. The second-order valence-corrected chi connectivity index (χ2v) is 8.25. The second-order valence-electron chi connectivity index (χ2n) is 8.25. The van der Waals surface area contributed by atoms with Crippen LogP contribution in [0.5, 0.6) is 5.88 Å². The fourth-order valence-electron chi connectivity index (χ4n) is 4.19. The summed E-state index contributed by atoms with van der Waals surface area (Å²) < 4.78 is 5.98. The largest absolute Gasteiger partial charge is 0.474 e. The third-order valence-corrected chi connectivity index (χ3v) is 5.85. The van der Waals surface area contributed by atoms with Crippen molar-refractivity contribution < 1.29 is 14.3 Å². The number of amides is 2. The van der Waals surface area contributed by atoms with E-state index in [2.05, 4.69) is 27.2 Å². The van der Waals surface area contributed by atoms with Crippen molar-refractivity contribution in [2.75, 3.05) is 23.7 Å². The molecule has 1 aliphatic heterocycles. The van der Waals surface area contributed by atoms with Gasteiger partial charge < -0.3 is 20.3 Å². The van der Waals surface area contributed by atoms with Crippen LogP contribution in [-0.4, -0.2) is 51.9 Å². The molecule has 2 heterocycles. The fraction of sp³-hybridized carbons (Fsp3) is 0.417. The number of hydrogen-bond acceptors (Lipinski definition) is 6. The van der Waals surface area contributed by atoms with Crippen LogP contribution in [0.25, 0.3) is 0 Å². The van der Waals surface area contributed by atoms with Gasteiger partial charge in [0.15, 0.2) is 0 Å². The molecule has 2 aliphatic rings. The maximum Gasteiger partial charge on any atom is 0.253 e. The van der Waals surface area contributed by atoms with Crippen LogP contribution in [0.3, 0.4) is 0 Å². The van der Waals surface area contributed by atoms with Crippen molar-refractivity contribution in [2.45, 2.75) is 50.7 Å². The van der Waals surface area contributed by atoms with E-state index in [4.69, 9.17) is 4.74 Å². The number of carbonyl (C=O) groups is 2. The first kappa shape index (κ1) is 21.8. The Morgan fingerprint density at radius 1 is 1.09 bits per heavy atom. The molecule has 32 heavy (non-hydrogen) atoms. The smallest absolute Gasteiger partial charge is 0.253 e. The number of likely N-dealkylation sites (tertiary alicyclic amines) is 1. The fourth-order valence-corrected chi connectivity index (χ4v) is 4.19. The highest BCUT2D eigenvalue weighted by molar-refractivity contribution is 5.99. The first-order valence-electron chi connectivity index (χ1n) is 11.2. The molecule has 4 rings (SSSR count). The van der Waals surface area contributed by atoms with Crippen LogP contribution in [0.4, 0.5) is 11.6 Å². The van der Waals surface area contributed by atoms with Crippen LogP contribution in [0.15, 0.2) is 49.2 Å². The van der Waals surface area contributed by atoms with E-state index in [-0.39, 0.29) is 24.0 Å². The van der Waals surface area contributed by atoms with E-state index in [1.807, 2.05) is 4.90 Å². The molecule has 1 atom stereocenters. The number of ether oxygens (including phenoxy) is 1. The predicted molar refractivity (Wildman–Crippen MR) is 123 cm³/mol. The van der Waals surface area contributed by atoms with E-state index in [0.717, 1.165) is 25.7 Å². The molecule has 168 valence electrons. The van der Waals surface area contributed by atoms with E-state index in [9.17, 15) is 9.59 Å². The van der Waals surface area contributed by atoms with Gasteiger partial charge >= 0.3 is 0 Å². The molecule has 1 saturated carbocycles. The van der Waals surface area contributed by atoms with E-state index < -0.39 is 0 Å². The van der Waals surface area contributed by atoms with Crippen LogP contribution in [0.2, 0.25) is 0 Å². The molecule has 8 nitrogen and oxygen atoms in total. The first-order valence-corrected chi connectivity index (χ1v) is 11.2. The summed E-state index contributed by atoms with van der Waals surface area (Å²) in [6, 6.07) is 8.76. The maximum absolute atomic E-state index is 13.0. The topological polar surface area (TPSA) is 96.5 Å². The monoisotopic (exact) mass is 435 g/mol. The summed E-state index contributed by atoms with van der Waals surface area (Å²) in [4.78, 5) is 35.1. The zero-order chi connectivity index (χ0) is 22.3. The number of hydrogen-bond donors (Lipinski definition) is 2. The molecule has 2 N–H and O–H groups in total. The van der Waals surface area contributed by atoms with Crippen LogP contribution in [-0.2, 0) is 4.79 Å². The van der Waals surface area contributed by atoms with Gasteiger partial charge in [0.05, 0.1) is 0 Å². The Balaban J connectivity index is 1.34. The van der Waals surface area contributed by atoms with Gasteiger partial charge in [0.1, 0.15) is 6.10 Å². The molecule has 0 spiro atoms. The minimum atomic E-state index is -0.283. The molecular formula is C24H29N5O3. The SMILES string of the molecule is C=CC(=O)Nc1ccc(C(=O)N2CCC[C@H](Nc3nccc(OC4CCCC4)n3)C2)cc1. The number of nitrogens with one attached hydrogen (secondary N) is 2. The summed E-state index contributed by atoms with van der Waals surface area (Å²) in [6.07, 6.45) is 9.57. The third-order valence-electron chi connectivity index (χ3n) is 5.85. The highest BCUT2D eigenvalue weighted by atomic mass is 16.5. The van der Waals surface area contributed by atoms with Gasteiger partial charge in [0, 0.05) is 42.6 Å². The Hall–Kier alpha value is -3.42. The Morgan fingerprint density at radius 3 is 2.62 bits per heavy atom. The maximum atomic E-state index is 13.0. The zero-order valence-corrected chi connectivity index (χ0v) is 18.1. The van der Waals surface area contributed by atoms with Gasteiger partial charge in [-0.15, -0.1) is 0 Å². The Labute approximate surface area is 188 Å². The van der Waals surface area contributed by atoms with Crippen LogP contribution >= 0.6 is 0 Å². The zero-order valence-electron chi connectivity index (χ0n) is 18.1. The first-order chi connectivity index (χ1) is 15.6. The molecule has 2 aromatic rings. The number of aromatic nitrogens is 2. The molecule has 1 aliphatic carbocycles. The van der Waals surface area contributed by atoms with E-state index in [0.29, 0.717) is 36.2 Å². The van der Waals surface area contributed by atoms with Gasteiger partial charge in [-0.2, -0.15) is 4.98 Å². The van der Waals surface area contributed by atoms with Gasteiger partial charge in [-0.3, -0.25) is 9.59 Å². The molecule has 0 radical (unpaired) electrons. The molecule has 2 fully saturated rings. The van der Waals surface area contributed by atoms with Crippen molar-refractivity contribution in [3.63, 3.8) is 0 Å². The lowest BCUT2D eigenvalue weighted by atomic mass is 10.0. The average molecular weight is 436 g/mol. The number of rotatable bonds is 7. The van der Waals surface area contributed by atoms with Crippen molar-refractivity contribution in [3.8, 4) is 5.88 Å². The standard InChI is InChI=1S/C24H29N5O3/c1-2-21(30)26-18-11-9-17(10-12-18)23(31)29-15-5-6-19(16-29)27-24-25-14-13-22(28-24)32-20-7-3-4-8-20/h2,9-14,19-20H,1,3-8,15-16H2,(H,26,30)(H,25,27,28)/t19-/m0/s1. The van der Waals surface area contributed by atoms with E-state index in [1.165, 1.54) is 18.9 Å². The molecular weight excluding hydrogens is 406 g/mol. The molecule has 8 heteroatoms. The lowest BCUT2D eigenvalue weighted by Gasteiger charge is -2.33. The van der Waals surface area contributed by atoms with Gasteiger partial charge in [-0.05, 0) is 68.9 Å². The predicted octanol–water partition coefficient (Wildman–Crippen LogP) is 3.64.